The van der Waals surface area contributed by atoms with Gasteiger partial charge < -0.3 is 9.47 Å². The van der Waals surface area contributed by atoms with Crippen LogP contribution in [0.15, 0.2) is 0 Å². The van der Waals surface area contributed by atoms with E-state index < -0.39 is 5.54 Å². The highest BCUT2D eigenvalue weighted by Gasteiger charge is 2.52. The van der Waals surface area contributed by atoms with Gasteiger partial charge in [0.2, 0.25) is 0 Å². The molecule has 1 unspecified atom stereocenters. The summed E-state index contributed by atoms with van der Waals surface area (Å²) in [7, 11) is 3.09. The van der Waals surface area contributed by atoms with Crippen molar-refractivity contribution in [3.8, 4) is 0 Å². The number of hydrogen-bond acceptors (Lipinski definition) is 4. The lowest BCUT2D eigenvalue weighted by molar-refractivity contribution is -0.152. The third kappa shape index (κ3) is 2.38. The van der Waals surface area contributed by atoms with E-state index in [2.05, 4.69) is 5.32 Å². The van der Waals surface area contributed by atoms with Crippen LogP contribution in [0.5, 0.6) is 0 Å². The molecule has 0 saturated heterocycles. The van der Waals surface area contributed by atoms with Crippen molar-refractivity contribution in [3.05, 3.63) is 0 Å². The lowest BCUT2D eigenvalue weighted by atomic mass is 9.94. The molecule has 0 heterocycles. The molecule has 1 atom stereocenters. The average molecular weight is 227 g/mol. The summed E-state index contributed by atoms with van der Waals surface area (Å²) in [6, 6.07) is 0. The predicted octanol–water partition coefficient (Wildman–Crippen LogP) is 0.954. The van der Waals surface area contributed by atoms with E-state index in [9.17, 15) is 4.79 Å². The van der Waals surface area contributed by atoms with Crippen molar-refractivity contribution >= 4 is 5.97 Å². The van der Waals surface area contributed by atoms with Gasteiger partial charge in [-0.25, -0.2) is 4.79 Å². The second-order valence-electron chi connectivity index (χ2n) is 4.99. The molecule has 0 amide bonds. The van der Waals surface area contributed by atoms with E-state index in [0.29, 0.717) is 12.5 Å². The topological polar surface area (TPSA) is 47.6 Å². The van der Waals surface area contributed by atoms with Crippen molar-refractivity contribution in [3.63, 3.8) is 0 Å². The van der Waals surface area contributed by atoms with E-state index in [-0.39, 0.29) is 5.97 Å². The van der Waals surface area contributed by atoms with Gasteiger partial charge in [0.15, 0.2) is 0 Å². The quantitative estimate of drug-likeness (QED) is 0.658. The van der Waals surface area contributed by atoms with Crippen molar-refractivity contribution in [2.75, 3.05) is 27.4 Å². The Labute approximate surface area is 96.7 Å². The SMILES string of the molecule is COCC(NCC1CC1)(C(=O)OC)C1CC1. The first-order valence-electron chi connectivity index (χ1n) is 6.05. The van der Waals surface area contributed by atoms with E-state index in [4.69, 9.17) is 9.47 Å². The highest BCUT2D eigenvalue weighted by Crippen LogP contribution is 2.41. The van der Waals surface area contributed by atoms with Crippen molar-refractivity contribution in [1.29, 1.82) is 0 Å². The van der Waals surface area contributed by atoms with Gasteiger partial charge in [0.25, 0.3) is 0 Å². The Kier molecular flexibility index (Phi) is 3.50. The van der Waals surface area contributed by atoms with Crippen molar-refractivity contribution in [2.45, 2.75) is 31.2 Å². The van der Waals surface area contributed by atoms with E-state index in [1.54, 1.807) is 7.11 Å². The summed E-state index contributed by atoms with van der Waals surface area (Å²) in [5, 5.41) is 3.41. The predicted molar refractivity (Wildman–Crippen MR) is 60.1 cm³/mol. The number of carbonyl (C=O) groups is 1. The van der Waals surface area contributed by atoms with Gasteiger partial charge in [0.1, 0.15) is 5.54 Å². The first-order valence-corrected chi connectivity index (χ1v) is 6.05. The Morgan fingerprint density at radius 3 is 2.44 bits per heavy atom. The van der Waals surface area contributed by atoms with E-state index in [1.807, 2.05) is 0 Å². The van der Waals surface area contributed by atoms with Crippen molar-refractivity contribution < 1.29 is 14.3 Å². The number of ether oxygens (including phenoxy) is 2. The normalized spacial score (nSPS) is 23.9. The van der Waals surface area contributed by atoms with Crippen LogP contribution in [0.25, 0.3) is 0 Å². The number of hydrogen-bond donors (Lipinski definition) is 1. The first kappa shape index (κ1) is 11.9. The zero-order chi connectivity index (χ0) is 11.6. The second-order valence-corrected chi connectivity index (χ2v) is 4.99. The largest absolute Gasteiger partial charge is 0.468 e. The zero-order valence-corrected chi connectivity index (χ0v) is 10.1. The van der Waals surface area contributed by atoms with Gasteiger partial charge in [0, 0.05) is 7.11 Å². The van der Waals surface area contributed by atoms with Crippen LogP contribution in [0.2, 0.25) is 0 Å². The Morgan fingerprint density at radius 2 is 2.00 bits per heavy atom. The molecule has 4 heteroatoms. The number of nitrogens with one attached hydrogen (secondary N) is 1. The van der Waals surface area contributed by atoms with Gasteiger partial charge in [-0.2, -0.15) is 0 Å². The molecule has 0 bridgehead atoms. The van der Waals surface area contributed by atoms with Gasteiger partial charge >= 0.3 is 5.97 Å². The summed E-state index contributed by atoms with van der Waals surface area (Å²) in [6.45, 7) is 1.33. The van der Waals surface area contributed by atoms with Crippen LogP contribution < -0.4 is 5.32 Å². The lowest BCUT2D eigenvalue weighted by Crippen LogP contribution is -2.58. The second kappa shape index (κ2) is 4.72. The Morgan fingerprint density at radius 1 is 1.31 bits per heavy atom. The third-order valence-corrected chi connectivity index (χ3v) is 3.60. The van der Waals surface area contributed by atoms with E-state index in [0.717, 1.165) is 25.3 Å². The maximum Gasteiger partial charge on any atom is 0.328 e. The Hall–Kier alpha value is -0.610. The molecule has 0 aromatic rings. The Balaban J connectivity index is 2.02. The molecule has 2 saturated carbocycles. The van der Waals surface area contributed by atoms with Crippen LogP contribution in [0.1, 0.15) is 25.7 Å². The molecule has 4 nitrogen and oxygen atoms in total. The average Bonchev–Trinajstić information content (AvgIpc) is 3.16. The van der Waals surface area contributed by atoms with Gasteiger partial charge in [-0.05, 0) is 44.1 Å². The summed E-state index contributed by atoms with van der Waals surface area (Å²) in [5.74, 6) is 0.968. The minimum Gasteiger partial charge on any atom is -0.468 e. The molecule has 16 heavy (non-hydrogen) atoms. The maximum atomic E-state index is 12.0. The fourth-order valence-electron chi connectivity index (χ4n) is 2.25. The molecular weight excluding hydrogens is 206 g/mol. The monoisotopic (exact) mass is 227 g/mol. The molecule has 0 radical (unpaired) electrons. The van der Waals surface area contributed by atoms with Gasteiger partial charge in [-0.1, -0.05) is 0 Å². The summed E-state index contributed by atoms with van der Waals surface area (Å²) < 4.78 is 10.2. The molecule has 0 aliphatic heterocycles. The molecule has 2 rings (SSSR count). The molecule has 1 N–H and O–H groups in total. The summed E-state index contributed by atoms with van der Waals surface area (Å²) >= 11 is 0. The van der Waals surface area contributed by atoms with Crippen LogP contribution in [-0.4, -0.2) is 38.9 Å². The van der Waals surface area contributed by atoms with Crippen LogP contribution >= 0.6 is 0 Å². The van der Waals surface area contributed by atoms with E-state index >= 15 is 0 Å². The number of rotatable bonds is 7. The fraction of sp³-hybridized carbons (Fsp3) is 0.917. The molecule has 0 spiro atoms. The molecule has 2 fully saturated rings. The number of carbonyl (C=O) groups excluding carboxylic acids is 1. The number of methoxy groups -OCH3 is 2. The molecule has 2 aliphatic rings. The standard InChI is InChI=1S/C12H21NO3/c1-15-8-12(10-5-6-10,11(14)16-2)13-7-9-3-4-9/h9-10,13H,3-8H2,1-2H3. The van der Waals surface area contributed by atoms with Gasteiger partial charge in [-0.15, -0.1) is 0 Å². The number of esters is 1. The smallest absolute Gasteiger partial charge is 0.328 e. The van der Waals surface area contributed by atoms with Crippen LogP contribution in [0.4, 0.5) is 0 Å². The van der Waals surface area contributed by atoms with Crippen LogP contribution in [0.3, 0.4) is 0 Å². The highest BCUT2D eigenvalue weighted by atomic mass is 16.5. The molecule has 92 valence electrons. The van der Waals surface area contributed by atoms with E-state index in [1.165, 1.54) is 20.0 Å². The molecular formula is C12H21NO3. The van der Waals surface area contributed by atoms with Crippen LogP contribution in [-0.2, 0) is 14.3 Å². The van der Waals surface area contributed by atoms with Crippen LogP contribution in [0, 0.1) is 11.8 Å². The summed E-state index contributed by atoms with van der Waals surface area (Å²) in [6.07, 6.45) is 4.75. The van der Waals surface area contributed by atoms with Crippen molar-refractivity contribution in [1.82, 2.24) is 5.32 Å². The Bertz CT molecular complexity index is 261. The molecule has 0 aromatic carbocycles. The summed E-state index contributed by atoms with van der Waals surface area (Å²) in [4.78, 5) is 12.0. The minimum atomic E-state index is -0.591. The molecule has 2 aliphatic carbocycles. The zero-order valence-electron chi connectivity index (χ0n) is 10.1. The molecule has 0 aromatic heterocycles. The lowest BCUT2D eigenvalue weighted by Gasteiger charge is -2.31. The van der Waals surface area contributed by atoms with Gasteiger partial charge in [-0.3, -0.25) is 5.32 Å². The third-order valence-electron chi connectivity index (χ3n) is 3.60. The van der Waals surface area contributed by atoms with Gasteiger partial charge in [0.05, 0.1) is 13.7 Å². The summed E-state index contributed by atoms with van der Waals surface area (Å²) in [5.41, 5.74) is -0.591. The highest BCUT2D eigenvalue weighted by molar-refractivity contribution is 5.82. The van der Waals surface area contributed by atoms with Crippen molar-refractivity contribution in [2.24, 2.45) is 11.8 Å². The first-order chi connectivity index (χ1) is 7.73. The fourth-order valence-corrected chi connectivity index (χ4v) is 2.25. The maximum absolute atomic E-state index is 12.0. The minimum absolute atomic E-state index is 0.169.